The number of hydrogen-bond donors (Lipinski definition) is 1. The van der Waals surface area contributed by atoms with Crippen LogP contribution in [0.2, 0.25) is 0 Å². The molecule has 0 bridgehead atoms. The molecule has 3 nitrogen and oxygen atoms in total. The minimum atomic E-state index is 0.297. The Labute approximate surface area is 123 Å². The first-order valence-corrected chi connectivity index (χ1v) is 7.50. The first-order chi connectivity index (χ1) is 9.41. The SMILES string of the molecule is COc1ccc(CN(C)C2CC(C)(C)CCC2N)cc1. The molecular weight excluding hydrogens is 248 g/mol. The van der Waals surface area contributed by atoms with E-state index in [1.807, 2.05) is 12.1 Å². The summed E-state index contributed by atoms with van der Waals surface area (Å²) in [5.41, 5.74) is 8.06. The lowest BCUT2D eigenvalue weighted by molar-refractivity contribution is 0.0917. The van der Waals surface area contributed by atoms with Crippen LogP contribution in [0.4, 0.5) is 0 Å². The molecule has 0 amide bonds. The van der Waals surface area contributed by atoms with Crippen LogP contribution < -0.4 is 10.5 Å². The molecule has 0 saturated heterocycles. The van der Waals surface area contributed by atoms with E-state index in [-0.39, 0.29) is 0 Å². The zero-order valence-corrected chi connectivity index (χ0v) is 13.2. The molecule has 0 aliphatic heterocycles. The van der Waals surface area contributed by atoms with Gasteiger partial charge in [-0.15, -0.1) is 0 Å². The molecule has 2 rings (SSSR count). The van der Waals surface area contributed by atoms with Gasteiger partial charge in [0.05, 0.1) is 7.11 Å². The van der Waals surface area contributed by atoms with E-state index in [4.69, 9.17) is 10.5 Å². The van der Waals surface area contributed by atoms with Crippen molar-refractivity contribution in [1.82, 2.24) is 4.90 Å². The summed E-state index contributed by atoms with van der Waals surface area (Å²) in [6.45, 7) is 5.65. The fourth-order valence-corrected chi connectivity index (χ4v) is 3.19. The van der Waals surface area contributed by atoms with Crippen LogP contribution in [0.15, 0.2) is 24.3 Å². The Morgan fingerprint density at radius 3 is 2.55 bits per heavy atom. The maximum Gasteiger partial charge on any atom is 0.118 e. The summed E-state index contributed by atoms with van der Waals surface area (Å²) < 4.78 is 5.20. The highest BCUT2D eigenvalue weighted by Crippen LogP contribution is 2.36. The molecule has 1 aromatic rings. The van der Waals surface area contributed by atoms with Crippen molar-refractivity contribution < 1.29 is 4.74 Å². The molecule has 112 valence electrons. The summed E-state index contributed by atoms with van der Waals surface area (Å²) in [7, 11) is 3.89. The average Bonchev–Trinajstić information content (AvgIpc) is 2.42. The molecule has 3 heteroatoms. The molecule has 1 fully saturated rings. The first-order valence-electron chi connectivity index (χ1n) is 7.50. The van der Waals surface area contributed by atoms with E-state index in [0.29, 0.717) is 17.5 Å². The highest BCUT2D eigenvalue weighted by molar-refractivity contribution is 5.27. The van der Waals surface area contributed by atoms with Gasteiger partial charge in [0.1, 0.15) is 5.75 Å². The molecule has 1 aliphatic carbocycles. The van der Waals surface area contributed by atoms with Crippen LogP contribution in [0.5, 0.6) is 5.75 Å². The van der Waals surface area contributed by atoms with Gasteiger partial charge in [0.25, 0.3) is 0 Å². The van der Waals surface area contributed by atoms with Crippen molar-refractivity contribution >= 4 is 0 Å². The largest absolute Gasteiger partial charge is 0.497 e. The molecule has 1 saturated carbocycles. The smallest absolute Gasteiger partial charge is 0.118 e. The highest BCUT2D eigenvalue weighted by Gasteiger charge is 2.34. The second-order valence-electron chi connectivity index (χ2n) is 6.90. The van der Waals surface area contributed by atoms with Gasteiger partial charge >= 0.3 is 0 Å². The van der Waals surface area contributed by atoms with Gasteiger partial charge in [-0.3, -0.25) is 4.90 Å². The number of rotatable bonds is 4. The number of ether oxygens (including phenoxy) is 1. The fourth-order valence-electron chi connectivity index (χ4n) is 3.19. The predicted molar refractivity (Wildman–Crippen MR) is 83.9 cm³/mol. The Balaban J connectivity index is 2.00. The molecule has 0 radical (unpaired) electrons. The maximum absolute atomic E-state index is 6.34. The van der Waals surface area contributed by atoms with Gasteiger partial charge in [0.15, 0.2) is 0 Å². The quantitative estimate of drug-likeness (QED) is 0.918. The fraction of sp³-hybridized carbons (Fsp3) is 0.647. The molecule has 1 aliphatic rings. The Kier molecular flexibility index (Phi) is 4.71. The lowest BCUT2D eigenvalue weighted by Crippen LogP contribution is -2.51. The van der Waals surface area contributed by atoms with Gasteiger partial charge in [-0.25, -0.2) is 0 Å². The van der Waals surface area contributed by atoms with Gasteiger partial charge in [0, 0.05) is 18.6 Å². The van der Waals surface area contributed by atoms with Crippen LogP contribution in [0, 0.1) is 5.41 Å². The highest BCUT2D eigenvalue weighted by atomic mass is 16.5. The Morgan fingerprint density at radius 1 is 1.30 bits per heavy atom. The van der Waals surface area contributed by atoms with Crippen molar-refractivity contribution in [2.75, 3.05) is 14.2 Å². The summed E-state index contributed by atoms with van der Waals surface area (Å²) in [6, 6.07) is 9.08. The zero-order valence-electron chi connectivity index (χ0n) is 13.2. The third kappa shape index (κ3) is 3.74. The van der Waals surface area contributed by atoms with Crippen molar-refractivity contribution in [3.05, 3.63) is 29.8 Å². The van der Waals surface area contributed by atoms with Gasteiger partial charge < -0.3 is 10.5 Å². The van der Waals surface area contributed by atoms with Crippen molar-refractivity contribution in [2.45, 2.75) is 51.7 Å². The van der Waals surface area contributed by atoms with Crippen molar-refractivity contribution in [3.8, 4) is 5.75 Å². The molecule has 20 heavy (non-hydrogen) atoms. The van der Waals surface area contributed by atoms with Crippen LogP contribution in [0.3, 0.4) is 0 Å². The topological polar surface area (TPSA) is 38.5 Å². The lowest BCUT2D eigenvalue weighted by Gasteiger charge is -2.43. The standard InChI is InChI=1S/C17H28N2O/c1-17(2)10-9-15(18)16(11-17)19(3)12-13-5-7-14(20-4)8-6-13/h5-8,15-16H,9-12,18H2,1-4H3. The molecule has 0 aromatic heterocycles. The molecule has 1 aromatic carbocycles. The molecule has 2 unspecified atom stereocenters. The monoisotopic (exact) mass is 276 g/mol. The van der Waals surface area contributed by atoms with Crippen LogP contribution in [0.1, 0.15) is 38.7 Å². The van der Waals surface area contributed by atoms with Gasteiger partial charge in [-0.2, -0.15) is 0 Å². The molecule has 0 heterocycles. The van der Waals surface area contributed by atoms with E-state index < -0.39 is 0 Å². The van der Waals surface area contributed by atoms with E-state index in [0.717, 1.165) is 18.7 Å². The van der Waals surface area contributed by atoms with Crippen molar-refractivity contribution in [1.29, 1.82) is 0 Å². The third-order valence-corrected chi connectivity index (χ3v) is 4.57. The minimum Gasteiger partial charge on any atom is -0.497 e. The maximum atomic E-state index is 6.34. The Hall–Kier alpha value is -1.06. The zero-order chi connectivity index (χ0) is 14.8. The number of methoxy groups -OCH3 is 1. The first kappa shape index (κ1) is 15.3. The summed E-state index contributed by atoms with van der Waals surface area (Å²) in [6.07, 6.45) is 3.55. The van der Waals surface area contributed by atoms with Crippen LogP contribution >= 0.6 is 0 Å². The van der Waals surface area contributed by atoms with Crippen molar-refractivity contribution in [3.63, 3.8) is 0 Å². The third-order valence-electron chi connectivity index (χ3n) is 4.57. The molecular formula is C17H28N2O. The Morgan fingerprint density at radius 2 is 1.95 bits per heavy atom. The molecule has 2 atom stereocenters. The van der Waals surface area contributed by atoms with E-state index in [9.17, 15) is 0 Å². The van der Waals surface area contributed by atoms with E-state index >= 15 is 0 Å². The lowest BCUT2D eigenvalue weighted by atomic mass is 9.72. The number of likely N-dealkylation sites (N-methyl/N-ethyl adjacent to an activating group) is 1. The number of nitrogens with zero attached hydrogens (tertiary/aromatic N) is 1. The predicted octanol–water partition coefficient (Wildman–Crippen LogP) is 3.03. The number of hydrogen-bond acceptors (Lipinski definition) is 3. The van der Waals surface area contributed by atoms with Gasteiger partial charge in [-0.05, 0) is 49.4 Å². The molecule has 2 N–H and O–H groups in total. The van der Waals surface area contributed by atoms with E-state index in [1.54, 1.807) is 7.11 Å². The number of benzene rings is 1. The Bertz CT molecular complexity index is 427. The normalized spacial score (nSPS) is 25.7. The van der Waals surface area contributed by atoms with Crippen molar-refractivity contribution in [2.24, 2.45) is 11.1 Å². The second-order valence-corrected chi connectivity index (χ2v) is 6.90. The molecule has 0 spiro atoms. The average molecular weight is 276 g/mol. The van der Waals surface area contributed by atoms with E-state index in [1.165, 1.54) is 18.4 Å². The summed E-state index contributed by atoms with van der Waals surface area (Å²) in [5.74, 6) is 0.909. The second kappa shape index (κ2) is 6.15. The van der Waals surface area contributed by atoms with E-state index in [2.05, 4.69) is 37.9 Å². The van der Waals surface area contributed by atoms with Crippen LogP contribution in [-0.2, 0) is 6.54 Å². The summed E-state index contributed by atoms with van der Waals surface area (Å²) >= 11 is 0. The van der Waals surface area contributed by atoms with Crippen LogP contribution in [0.25, 0.3) is 0 Å². The van der Waals surface area contributed by atoms with Gasteiger partial charge in [0.2, 0.25) is 0 Å². The van der Waals surface area contributed by atoms with Crippen LogP contribution in [-0.4, -0.2) is 31.1 Å². The summed E-state index contributed by atoms with van der Waals surface area (Å²) in [4.78, 5) is 2.41. The summed E-state index contributed by atoms with van der Waals surface area (Å²) in [5, 5.41) is 0. The van der Waals surface area contributed by atoms with Gasteiger partial charge in [-0.1, -0.05) is 26.0 Å². The number of nitrogens with two attached hydrogens (primary N) is 1. The minimum absolute atomic E-state index is 0.297.